The largest absolute Gasteiger partial charge is 0.381 e. The Morgan fingerprint density at radius 3 is 2.64 bits per heavy atom. The van der Waals surface area contributed by atoms with Gasteiger partial charge in [0, 0.05) is 31.7 Å². The van der Waals surface area contributed by atoms with Crippen molar-refractivity contribution < 1.29 is 0 Å². The summed E-state index contributed by atoms with van der Waals surface area (Å²) in [6.07, 6.45) is 7.64. The van der Waals surface area contributed by atoms with Crippen LogP contribution in [0.1, 0.15) is 30.7 Å². The van der Waals surface area contributed by atoms with Crippen LogP contribution in [0, 0.1) is 0 Å². The van der Waals surface area contributed by atoms with Gasteiger partial charge in [-0.05, 0) is 61.8 Å². The van der Waals surface area contributed by atoms with Crippen LogP contribution < -0.4 is 5.32 Å². The minimum Gasteiger partial charge on any atom is -0.381 e. The molecule has 1 aromatic carbocycles. The Labute approximate surface area is 148 Å². The first-order valence-electron chi connectivity index (χ1n) is 9.10. The summed E-state index contributed by atoms with van der Waals surface area (Å²) in [5.41, 5.74) is 4.59. The number of fused-ring (bicyclic) bond motifs is 1. The van der Waals surface area contributed by atoms with Gasteiger partial charge in [0.15, 0.2) is 0 Å². The number of nitrogens with one attached hydrogen (secondary N) is 1. The molecule has 4 rings (SSSR count). The number of hydrogen-bond donors (Lipinski definition) is 1. The standard InChI is InChI=1S/C20H25N5/c1-24-19-6-5-17(22-14-16-7-9-21-10-8-16)13-18(19)23-20(24)15-25-11-3-2-4-12-25/h5-10,13,22H,2-4,11-12,14-15H2,1H3. The van der Waals surface area contributed by atoms with Gasteiger partial charge in [-0.3, -0.25) is 9.88 Å². The summed E-state index contributed by atoms with van der Waals surface area (Å²) in [6.45, 7) is 4.14. The molecule has 0 amide bonds. The van der Waals surface area contributed by atoms with E-state index in [2.05, 4.69) is 45.0 Å². The molecular weight excluding hydrogens is 310 g/mol. The predicted octanol–water partition coefficient (Wildman–Crippen LogP) is 3.57. The molecule has 130 valence electrons. The number of pyridine rings is 1. The summed E-state index contributed by atoms with van der Waals surface area (Å²) in [7, 11) is 2.12. The molecule has 0 atom stereocenters. The van der Waals surface area contributed by atoms with Crippen molar-refractivity contribution in [2.24, 2.45) is 7.05 Å². The molecule has 5 heteroatoms. The molecule has 1 fully saturated rings. The molecule has 25 heavy (non-hydrogen) atoms. The van der Waals surface area contributed by atoms with Crippen LogP contribution in [0.5, 0.6) is 0 Å². The van der Waals surface area contributed by atoms with Gasteiger partial charge in [0.25, 0.3) is 0 Å². The zero-order valence-corrected chi connectivity index (χ0v) is 14.8. The maximum atomic E-state index is 4.89. The van der Waals surface area contributed by atoms with E-state index in [9.17, 15) is 0 Å². The quantitative estimate of drug-likeness (QED) is 0.774. The van der Waals surface area contributed by atoms with E-state index in [1.54, 1.807) is 0 Å². The van der Waals surface area contributed by atoms with E-state index >= 15 is 0 Å². The Balaban J connectivity index is 1.50. The second kappa shape index (κ2) is 7.23. The highest BCUT2D eigenvalue weighted by atomic mass is 15.2. The highest BCUT2D eigenvalue weighted by Gasteiger charge is 2.15. The fraction of sp³-hybridized carbons (Fsp3) is 0.400. The Morgan fingerprint density at radius 1 is 1.04 bits per heavy atom. The highest BCUT2D eigenvalue weighted by molar-refractivity contribution is 5.80. The zero-order chi connectivity index (χ0) is 17.1. The SMILES string of the molecule is Cn1c(CN2CCCCC2)nc2cc(NCc3ccncc3)ccc21. The van der Waals surface area contributed by atoms with E-state index in [4.69, 9.17) is 4.98 Å². The van der Waals surface area contributed by atoms with Gasteiger partial charge in [0.05, 0.1) is 17.6 Å². The molecule has 0 bridgehead atoms. The molecule has 2 aromatic heterocycles. The Bertz CT molecular complexity index is 834. The van der Waals surface area contributed by atoms with Crippen molar-refractivity contribution in [3.63, 3.8) is 0 Å². The summed E-state index contributed by atoms with van der Waals surface area (Å²) in [6, 6.07) is 10.5. The van der Waals surface area contributed by atoms with E-state index in [1.807, 2.05) is 24.5 Å². The summed E-state index contributed by atoms with van der Waals surface area (Å²) < 4.78 is 2.23. The molecule has 0 unspecified atom stereocenters. The van der Waals surface area contributed by atoms with Gasteiger partial charge in [-0.25, -0.2) is 4.98 Å². The first-order valence-corrected chi connectivity index (χ1v) is 9.10. The van der Waals surface area contributed by atoms with E-state index < -0.39 is 0 Å². The van der Waals surface area contributed by atoms with Crippen LogP contribution in [-0.2, 0) is 20.1 Å². The first-order chi connectivity index (χ1) is 12.3. The minimum atomic E-state index is 0.793. The second-order valence-electron chi connectivity index (χ2n) is 6.84. The van der Waals surface area contributed by atoms with Crippen LogP contribution >= 0.6 is 0 Å². The molecule has 0 spiro atoms. The third kappa shape index (κ3) is 3.66. The van der Waals surface area contributed by atoms with Crippen molar-refractivity contribution in [1.82, 2.24) is 19.4 Å². The maximum absolute atomic E-state index is 4.89. The fourth-order valence-corrected chi connectivity index (χ4v) is 3.52. The van der Waals surface area contributed by atoms with E-state index in [0.717, 1.165) is 30.1 Å². The average molecular weight is 335 g/mol. The molecular formula is C20H25N5. The Kier molecular flexibility index (Phi) is 4.65. The van der Waals surface area contributed by atoms with Crippen LogP contribution in [0.25, 0.3) is 11.0 Å². The molecule has 5 nitrogen and oxygen atoms in total. The summed E-state index contributed by atoms with van der Waals surface area (Å²) in [5.74, 6) is 1.16. The number of hydrogen-bond acceptors (Lipinski definition) is 4. The van der Waals surface area contributed by atoms with Crippen molar-refractivity contribution in [3.8, 4) is 0 Å². The molecule has 0 saturated carbocycles. The topological polar surface area (TPSA) is 46.0 Å². The second-order valence-corrected chi connectivity index (χ2v) is 6.84. The van der Waals surface area contributed by atoms with Gasteiger partial charge < -0.3 is 9.88 Å². The third-order valence-corrected chi connectivity index (χ3v) is 5.03. The molecule has 3 aromatic rings. The fourth-order valence-electron chi connectivity index (χ4n) is 3.52. The summed E-state index contributed by atoms with van der Waals surface area (Å²) in [4.78, 5) is 11.5. The number of nitrogens with zero attached hydrogens (tertiary/aromatic N) is 4. The van der Waals surface area contributed by atoms with Gasteiger partial charge in [-0.15, -0.1) is 0 Å². The average Bonchev–Trinajstić information content (AvgIpc) is 2.97. The number of rotatable bonds is 5. The summed E-state index contributed by atoms with van der Waals surface area (Å²) >= 11 is 0. The van der Waals surface area contributed by atoms with Gasteiger partial charge in [-0.1, -0.05) is 6.42 Å². The number of aromatic nitrogens is 3. The minimum absolute atomic E-state index is 0.793. The van der Waals surface area contributed by atoms with Crippen LogP contribution in [0.15, 0.2) is 42.7 Å². The van der Waals surface area contributed by atoms with Crippen molar-refractivity contribution >= 4 is 16.7 Å². The van der Waals surface area contributed by atoms with E-state index in [0.29, 0.717) is 0 Å². The van der Waals surface area contributed by atoms with Crippen molar-refractivity contribution in [1.29, 1.82) is 0 Å². The van der Waals surface area contributed by atoms with Crippen molar-refractivity contribution in [3.05, 3.63) is 54.1 Å². The lowest BCUT2D eigenvalue weighted by Crippen LogP contribution is -2.30. The molecule has 1 aliphatic rings. The lowest BCUT2D eigenvalue weighted by atomic mass is 10.1. The molecule has 0 radical (unpaired) electrons. The molecule has 1 N–H and O–H groups in total. The molecule has 1 aliphatic heterocycles. The maximum Gasteiger partial charge on any atom is 0.123 e. The van der Waals surface area contributed by atoms with Gasteiger partial charge in [-0.2, -0.15) is 0 Å². The number of aryl methyl sites for hydroxylation is 1. The van der Waals surface area contributed by atoms with Crippen LogP contribution in [0.4, 0.5) is 5.69 Å². The van der Waals surface area contributed by atoms with Gasteiger partial charge in [0.1, 0.15) is 5.82 Å². The molecule has 3 heterocycles. The lowest BCUT2D eigenvalue weighted by Gasteiger charge is -2.25. The van der Waals surface area contributed by atoms with Crippen LogP contribution in [0.2, 0.25) is 0 Å². The predicted molar refractivity (Wildman–Crippen MR) is 101 cm³/mol. The number of piperidine rings is 1. The number of likely N-dealkylation sites (tertiary alicyclic amines) is 1. The summed E-state index contributed by atoms with van der Waals surface area (Å²) in [5, 5.41) is 3.48. The number of anilines is 1. The molecule has 0 aliphatic carbocycles. The molecule has 1 saturated heterocycles. The monoisotopic (exact) mass is 335 g/mol. The van der Waals surface area contributed by atoms with Crippen molar-refractivity contribution in [2.45, 2.75) is 32.4 Å². The van der Waals surface area contributed by atoms with Gasteiger partial charge in [0.2, 0.25) is 0 Å². The normalized spacial score (nSPS) is 15.6. The van der Waals surface area contributed by atoms with Crippen LogP contribution in [0.3, 0.4) is 0 Å². The smallest absolute Gasteiger partial charge is 0.123 e. The first kappa shape index (κ1) is 16.1. The van der Waals surface area contributed by atoms with E-state index in [-0.39, 0.29) is 0 Å². The number of imidazole rings is 1. The number of benzene rings is 1. The van der Waals surface area contributed by atoms with Gasteiger partial charge >= 0.3 is 0 Å². The Hall–Kier alpha value is -2.40. The highest BCUT2D eigenvalue weighted by Crippen LogP contribution is 2.22. The third-order valence-electron chi connectivity index (χ3n) is 5.03. The van der Waals surface area contributed by atoms with Crippen LogP contribution in [-0.4, -0.2) is 32.5 Å². The van der Waals surface area contributed by atoms with Crippen molar-refractivity contribution in [2.75, 3.05) is 18.4 Å². The zero-order valence-electron chi connectivity index (χ0n) is 14.8. The Morgan fingerprint density at radius 2 is 1.84 bits per heavy atom. The van der Waals surface area contributed by atoms with E-state index in [1.165, 1.54) is 43.4 Å². The lowest BCUT2D eigenvalue weighted by molar-refractivity contribution is 0.214.